The van der Waals surface area contributed by atoms with Gasteiger partial charge in [-0.25, -0.2) is 4.39 Å². The average Bonchev–Trinajstić information content (AvgIpc) is 2.47. The maximum absolute atomic E-state index is 13.1. The molecule has 1 amide bonds. The van der Waals surface area contributed by atoms with E-state index in [-0.39, 0.29) is 36.1 Å². The Morgan fingerprint density at radius 3 is 2.95 bits per heavy atom. The molecule has 1 aliphatic heterocycles. The number of piperidine rings is 1. The monoisotopic (exact) mass is 328 g/mol. The van der Waals surface area contributed by atoms with Gasteiger partial charge in [-0.05, 0) is 56.8 Å². The average molecular weight is 329 g/mol. The zero-order valence-corrected chi connectivity index (χ0v) is 14.1. The summed E-state index contributed by atoms with van der Waals surface area (Å²) in [4.78, 5) is 12.2. The van der Waals surface area contributed by atoms with E-state index in [1.54, 1.807) is 6.07 Å². The molecule has 0 radical (unpaired) electrons. The van der Waals surface area contributed by atoms with Crippen LogP contribution in [0.25, 0.3) is 0 Å². The molecule has 124 valence electrons. The molecule has 0 aromatic heterocycles. The SMILES string of the molecule is CC(CCc1cccc(F)c1)C(=O)NC1CCCNC1C.Cl. The normalized spacial score (nSPS) is 22.5. The molecule has 0 spiro atoms. The van der Waals surface area contributed by atoms with Crippen LogP contribution in [-0.4, -0.2) is 24.5 Å². The van der Waals surface area contributed by atoms with Crippen molar-refractivity contribution in [1.82, 2.24) is 10.6 Å². The molecule has 5 heteroatoms. The van der Waals surface area contributed by atoms with Gasteiger partial charge < -0.3 is 10.6 Å². The van der Waals surface area contributed by atoms with E-state index in [9.17, 15) is 9.18 Å². The molecule has 0 bridgehead atoms. The number of benzene rings is 1. The van der Waals surface area contributed by atoms with Crippen molar-refractivity contribution in [2.75, 3.05) is 6.54 Å². The van der Waals surface area contributed by atoms with Crippen LogP contribution in [0, 0.1) is 11.7 Å². The smallest absolute Gasteiger partial charge is 0.223 e. The fraction of sp³-hybridized carbons (Fsp3) is 0.588. The van der Waals surface area contributed by atoms with Crippen molar-refractivity contribution in [2.45, 2.75) is 51.6 Å². The van der Waals surface area contributed by atoms with E-state index in [4.69, 9.17) is 0 Å². The third-order valence-electron chi connectivity index (χ3n) is 4.29. The Morgan fingerprint density at radius 2 is 2.27 bits per heavy atom. The van der Waals surface area contributed by atoms with Crippen LogP contribution in [0.15, 0.2) is 24.3 Å². The molecule has 3 unspecified atom stereocenters. The van der Waals surface area contributed by atoms with Gasteiger partial charge in [0.1, 0.15) is 5.82 Å². The highest BCUT2D eigenvalue weighted by molar-refractivity contribution is 5.85. The second-order valence-corrected chi connectivity index (χ2v) is 6.07. The highest BCUT2D eigenvalue weighted by Crippen LogP contribution is 2.13. The van der Waals surface area contributed by atoms with E-state index in [0.717, 1.165) is 37.8 Å². The van der Waals surface area contributed by atoms with Gasteiger partial charge >= 0.3 is 0 Å². The molecule has 3 nitrogen and oxygen atoms in total. The first-order valence-corrected chi connectivity index (χ1v) is 7.84. The van der Waals surface area contributed by atoms with Crippen molar-refractivity contribution < 1.29 is 9.18 Å². The van der Waals surface area contributed by atoms with Gasteiger partial charge in [0.05, 0.1) is 0 Å². The lowest BCUT2D eigenvalue weighted by Crippen LogP contribution is -2.52. The second kappa shape index (κ2) is 9.11. The number of halogens is 2. The summed E-state index contributed by atoms with van der Waals surface area (Å²) in [5.41, 5.74) is 0.947. The highest BCUT2D eigenvalue weighted by Gasteiger charge is 2.24. The number of hydrogen-bond donors (Lipinski definition) is 2. The number of hydrogen-bond acceptors (Lipinski definition) is 2. The van der Waals surface area contributed by atoms with Crippen LogP contribution in [0.5, 0.6) is 0 Å². The maximum atomic E-state index is 13.1. The number of carbonyl (C=O) groups excluding carboxylic acids is 1. The largest absolute Gasteiger partial charge is 0.352 e. The molecule has 2 N–H and O–H groups in total. The van der Waals surface area contributed by atoms with Crippen molar-refractivity contribution in [1.29, 1.82) is 0 Å². The lowest BCUT2D eigenvalue weighted by atomic mass is 9.96. The van der Waals surface area contributed by atoms with E-state index in [1.807, 2.05) is 13.0 Å². The Balaban J connectivity index is 0.00000242. The molecular formula is C17H26ClFN2O. The third-order valence-corrected chi connectivity index (χ3v) is 4.29. The summed E-state index contributed by atoms with van der Waals surface area (Å²) < 4.78 is 13.1. The summed E-state index contributed by atoms with van der Waals surface area (Å²) in [7, 11) is 0. The van der Waals surface area contributed by atoms with Crippen LogP contribution < -0.4 is 10.6 Å². The van der Waals surface area contributed by atoms with E-state index in [2.05, 4.69) is 17.6 Å². The summed E-state index contributed by atoms with van der Waals surface area (Å²) in [5.74, 6) is -0.166. The minimum atomic E-state index is -0.216. The first-order valence-electron chi connectivity index (χ1n) is 7.84. The molecule has 1 saturated heterocycles. The summed E-state index contributed by atoms with van der Waals surface area (Å²) in [6.07, 6.45) is 3.61. The fourth-order valence-corrected chi connectivity index (χ4v) is 2.77. The van der Waals surface area contributed by atoms with Crippen molar-refractivity contribution >= 4 is 18.3 Å². The fourth-order valence-electron chi connectivity index (χ4n) is 2.77. The third kappa shape index (κ3) is 5.58. The number of nitrogens with one attached hydrogen (secondary N) is 2. The van der Waals surface area contributed by atoms with Gasteiger partial charge in [0.2, 0.25) is 5.91 Å². The molecule has 1 aromatic carbocycles. The van der Waals surface area contributed by atoms with Crippen LogP contribution >= 0.6 is 12.4 Å². The first-order chi connectivity index (χ1) is 10.1. The summed E-state index contributed by atoms with van der Waals surface area (Å²) in [5, 5.41) is 6.52. The Hall–Kier alpha value is -1.13. The van der Waals surface area contributed by atoms with Gasteiger partial charge in [-0.2, -0.15) is 0 Å². The molecule has 3 atom stereocenters. The van der Waals surface area contributed by atoms with Crippen LogP contribution in [0.1, 0.15) is 38.7 Å². The van der Waals surface area contributed by atoms with Gasteiger partial charge in [-0.3, -0.25) is 4.79 Å². The molecule has 0 saturated carbocycles. The van der Waals surface area contributed by atoms with E-state index in [1.165, 1.54) is 12.1 Å². The molecule has 1 heterocycles. The number of carbonyl (C=O) groups is 1. The molecular weight excluding hydrogens is 303 g/mol. The first kappa shape index (κ1) is 18.9. The van der Waals surface area contributed by atoms with E-state index >= 15 is 0 Å². The highest BCUT2D eigenvalue weighted by atomic mass is 35.5. The summed E-state index contributed by atoms with van der Waals surface area (Å²) in [6, 6.07) is 7.15. The van der Waals surface area contributed by atoms with Gasteiger partial charge in [0, 0.05) is 18.0 Å². The van der Waals surface area contributed by atoms with Crippen LogP contribution in [0.3, 0.4) is 0 Å². The van der Waals surface area contributed by atoms with Crippen LogP contribution in [0.2, 0.25) is 0 Å². The molecule has 0 aliphatic carbocycles. The Morgan fingerprint density at radius 1 is 1.50 bits per heavy atom. The van der Waals surface area contributed by atoms with Gasteiger partial charge in [0.25, 0.3) is 0 Å². The van der Waals surface area contributed by atoms with E-state index < -0.39 is 0 Å². The number of rotatable bonds is 5. The Labute approximate surface area is 138 Å². The van der Waals surface area contributed by atoms with Crippen LogP contribution in [-0.2, 0) is 11.2 Å². The van der Waals surface area contributed by atoms with Crippen molar-refractivity contribution in [3.63, 3.8) is 0 Å². The second-order valence-electron chi connectivity index (χ2n) is 6.07. The van der Waals surface area contributed by atoms with Gasteiger partial charge in [-0.1, -0.05) is 19.1 Å². The minimum absolute atomic E-state index is 0. The molecule has 1 aromatic rings. The molecule has 2 rings (SSSR count). The number of amides is 1. The van der Waals surface area contributed by atoms with Crippen molar-refractivity contribution in [3.05, 3.63) is 35.6 Å². The van der Waals surface area contributed by atoms with Gasteiger partial charge in [0.15, 0.2) is 0 Å². The predicted molar refractivity (Wildman–Crippen MR) is 89.8 cm³/mol. The lowest BCUT2D eigenvalue weighted by molar-refractivity contribution is -0.125. The minimum Gasteiger partial charge on any atom is -0.352 e. The maximum Gasteiger partial charge on any atom is 0.223 e. The predicted octanol–water partition coefficient (Wildman–Crippen LogP) is 3.07. The summed E-state index contributed by atoms with van der Waals surface area (Å²) >= 11 is 0. The lowest BCUT2D eigenvalue weighted by Gasteiger charge is -2.31. The zero-order chi connectivity index (χ0) is 15.2. The summed E-state index contributed by atoms with van der Waals surface area (Å²) in [6.45, 7) is 5.08. The molecule has 1 aliphatic rings. The topological polar surface area (TPSA) is 41.1 Å². The quantitative estimate of drug-likeness (QED) is 0.872. The standard InChI is InChI=1S/C17H25FN2O.ClH/c1-12(8-9-14-5-3-6-15(18)11-14)17(21)20-16-7-4-10-19-13(16)2;/h3,5-6,11-13,16,19H,4,7-10H2,1-2H3,(H,20,21);1H. The Kier molecular flexibility index (Phi) is 7.83. The van der Waals surface area contributed by atoms with Gasteiger partial charge in [-0.15, -0.1) is 12.4 Å². The zero-order valence-electron chi connectivity index (χ0n) is 13.3. The van der Waals surface area contributed by atoms with Crippen molar-refractivity contribution in [2.24, 2.45) is 5.92 Å². The van der Waals surface area contributed by atoms with Crippen LogP contribution in [0.4, 0.5) is 4.39 Å². The molecule has 22 heavy (non-hydrogen) atoms. The van der Waals surface area contributed by atoms with E-state index in [0.29, 0.717) is 6.04 Å². The van der Waals surface area contributed by atoms with Crippen molar-refractivity contribution in [3.8, 4) is 0 Å². The number of aryl methyl sites for hydroxylation is 1. The Bertz CT molecular complexity index is 483. The molecule has 1 fully saturated rings.